The fraction of sp³-hybridized carbons (Fsp3) is 0.429. The molecule has 1 aromatic carbocycles. The Labute approximate surface area is 112 Å². The van der Waals surface area contributed by atoms with Crippen LogP contribution in [-0.4, -0.2) is 29.2 Å². The summed E-state index contributed by atoms with van der Waals surface area (Å²) in [5, 5.41) is 9.78. The molecule has 3 rings (SSSR count). The molecule has 1 aromatic heterocycles. The summed E-state index contributed by atoms with van der Waals surface area (Å²) in [6.45, 7) is 1.04. The number of hydrogen-bond donors (Lipinski definition) is 0. The Balaban J connectivity index is 1.84. The maximum atomic E-state index is 6.03. The highest BCUT2D eigenvalue weighted by Crippen LogP contribution is 2.34. The predicted octanol–water partition coefficient (Wildman–Crippen LogP) is 3.08. The lowest BCUT2D eigenvalue weighted by atomic mass is 9.84. The molecule has 0 bridgehead atoms. The Kier molecular flexibility index (Phi) is 3.08. The van der Waals surface area contributed by atoms with E-state index >= 15 is 0 Å². The molecule has 1 fully saturated rings. The standard InChI is InChI=1S/C14H16ClN3/c1-18(9-10-6-11(15)7-10)14-8-16-17-13-5-3-2-4-12(13)14/h2-5,8,10-11H,6-7,9H2,1H3. The van der Waals surface area contributed by atoms with Crippen molar-refractivity contribution in [2.24, 2.45) is 5.92 Å². The third kappa shape index (κ3) is 2.15. The van der Waals surface area contributed by atoms with E-state index in [1.807, 2.05) is 24.4 Å². The number of halogens is 1. The number of anilines is 1. The van der Waals surface area contributed by atoms with Gasteiger partial charge in [0, 0.05) is 24.4 Å². The Morgan fingerprint density at radius 3 is 2.89 bits per heavy atom. The van der Waals surface area contributed by atoms with Crippen molar-refractivity contribution in [1.82, 2.24) is 10.2 Å². The zero-order chi connectivity index (χ0) is 12.5. The summed E-state index contributed by atoms with van der Waals surface area (Å²) in [4.78, 5) is 2.27. The molecule has 0 saturated heterocycles. The monoisotopic (exact) mass is 261 g/mol. The van der Waals surface area contributed by atoms with Crippen molar-refractivity contribution >= 4 is 28.2 Å². The summed E-state index contributed by atoms with van der Waals surface area (Å²) in [5.41, 5.74) is 2.10. The molecule has 0 amide bonds. The highest BCUT2D eigenvalue weighted by molar-refractivity contribution is 6.21. The molecule has 1 saturated carbocycles. The number of benzene rings is 1. The van der Waals surface area contributed by atoms with Gasteiger partial charge in [0.25, 0.3) is 0 Å². The van der Waals surface area contributed by atoms with Crippen LogP contribution >= 0.6 is 11.6 Å². The van der Waals surface area contributed by atoms with Crippen molar-refractivity contribution < 1.29 is 0 Å². The predicted molar refractivity (Wildman–Crippen MR) is 75.2 cm³/mol. The van der Waals surface area contributed by atoms with Gasteiger partial charge in [0.1, 0.15) is 0 Å². The summed E-state index contributed by atoms with van der Waals surface area (Å²) in [6, 6.07) is 8.13. The first kappa shape index (κ1) is 11.7. The van der Waals surface area contributed by atoms with Crippen molar-refractivity contribution in [1.29, 1.82) is 0 Å². The first-order valence-electron chi connectivity index (χ1n) is 6.29. The second-order valence-electron chi connectivity index (χ2n) is 5.06. The topological polar surface area (TPSA) is 29.0 Å². The van der Waals surface area contributed by atoms with Gasteiger partial charge >= 0.3 is 0 Å². The average molecular weight is 262 g/mol. The summed E-state index contributed by atoms with van der Waals surface area (Å²) in [6.07, 6.45) is 4.10. The summed E-state index contributed by atoms with van der Waals surface area (Å²) < 4.78 is 0. The molecule has 1 aliphatic rings. The molecule has 0 spiro atoms. The quantitative estimate of drug-likeness (QED) is 0.795. The normalized spacial score (nSPS) is 22.8. The molecule has 2 aromatic rings. The molecule has 3 nitrogen and oxygen atoms in total. The van der Waals surface area contributed by atoms with Crippen molar-refractivity contribution in [3.05, 3.63) is 30.5 Å². The Bertz CT molecular complexity index is 546. The first-order valence-corrected chi connectivity index (χ1v) is 6.73. The van der Waals surface area contributed by atoms with Crippen molar-refractivity contribution in [3.8, 4) is 0 Å². The maximum Gasteiger partial charge on any atom is 0.0950 e. The van der Waals surface area contributed by atoms with Gasteiger partial charge in [-0.2, -0.15) is 10.2 Å². The van der Waals surface area contributed by atoms with E-state index < -0.39 is 0 Å². The largest absolute Gasteiger partial charge is 0.372 e. The van der Waals surface area contributed by atoms with Gasteiger partial charge in [-0.1, -0.05) is 18.2 Å². The van der Waals surface area contributed by atoms with Gasteiger partial charge in [-0.05, 0) is 24.8 Å². The van der Waals surface area contributed by atoms with Crippen LogP contribution in [0.5, 0.6) is 0 Å². The van der Waals surface area contributed by atoms with Crippen molar-refractivity contribution in [2.75, 3.05) is 18.5 Å². The minimum absolute atomic E-state index is 0.385. The minimum atomic E-state index is 0.385. The van der Waals surface area contributed by atoms with Crippen LogP contribution in [0.25, 0.3) is 10.9 Å². The molecule has 0 radical (unpaired) electrons. The number of hydrogen-bond acceptors (Lipinski definition) is 3. The molecule has 0 unspecified atom stereocenters. The van der Waals surface area contributed by atoms with E-state index in [-0.39, 0.29) is 0 Å². The van der Waals surface area contributed by atoms with Crippen LogP contribution in [0.1, 0.15) is 12.8 Å². The number of nitrogens with zero attached hydrogens (tertiary/aromatic N) is 3. The molecule has 0 N–H and O–H groups in total. The van der Waals surface area contributed by atoms with Gasteiger partial charge in [0.15, 0.2) is 0 Å². The van der Waals surface area contributed by atoms with Crippen LogP contribution in [0.3, 0.4) is 0 Å². The van der Waals surface area contributed by atoms with Gasteiger partial charge < -0.3 is 4.90 Å². The van der Waals surface area contributed by atoms with E-state index in [4.69, 9.17) is 11.6 Å². The minimum Gasteiger partial charge on any atom is -0.372 e. The second kappa shape index (κ2) is 4.73. The summed E-state index contributed by atoms with van der Waals surface area (Å²) >= 11 is 6.03. The van der Waals surface area contributed by atoms with Crippen LogP contribution in [0, 0.1) is 5.92 Å². The SMILES string of the molecule is CN(CC1CC(Cl)C1)c1cnnc2ccccc12. The van der Waals surface area contributed by atoms with E-state index in [9.17, 15) is 0 Å². The zero-order valence-electron chi connectivity index (χ0n) is 10.4. The highest BCUT2D eigenvalue weighted by Gasteiger charge is 2.28. The van der Waals surface area contributed by atoms with Crippen LogP contribution < -0.4 is 4.90 Å². The van der Waals surface area contributed by atoms with E-state index in [1.165, 1.54) is 0 Å². The molecule has 94 valence electrons. The van der Waals surface area contributed by atoms with E-state index in [0.29, 0.717) is 11.3 Å². The first-order chi connectivity index (χ1) is 8.74. The van der Waals surface area contributed by atoms with Crippen molar-refractivity contribution in [3.63, 3.8) is 0 Å². The number of rotatable bonds is 3. The van der Waals surface area contributed by atoms with Gasteiger partial charge in [-0.15, -0.1) is 11.6 Å². The van der Waals surface area contributed by atoms with E-state index in [2.05, 4.69) is 28.2 Å². The molecule has 4 heteroatoms. The lowest BCUT2D eigenvalue weighted by Crippen LogP contribution is -2.34. The summed E-state index contributed by atoms with van der Waals surface area (Å²) in [7, 11) is 2.12. The van der Waals surface area contributed by atoms with E-state index in [0.717, 1.165) is 36.0 Å². The lowest BCUT2D eigenvalue weighted by molar-refractivity contribution is 0.329. The molecule has 0 aliphatic heterocycles. The highest BCUT2D eigenvalue weighted by atomic mass is 35.5. The Hall–Kier alpha value is -1.35. The second-order valence-corrected chi connectivity index (χ2v) is 5.68. The van der Waals surface area contributed by atoms with Crippen LogP contribution in [0.15, 0.2) is 30.5 Å². The molecular weight excluding hydrogens is 246 g/mol. The average Bonchev–Trinajstić information content (AvgIpc) is 2.36. The molecule has 18 heavy (non-hydrogen) atoms. The van der Waals surface area contributed by atoms with Crippen LogP contribution in [0.2, 0.25) is 0 Å². The smallest absolute Gasteiger partial charge is 0.0950 e. The Morgan fingerprint density at radius 1 is 1.33 bits per heavy atom. The van der Waals surface area contributed by atoms with Gasteiger partial charge in [0.05, 0.1) is 17.4 Å². The third-order valence-corrected chi connectivity index (χ3v) is 4.00. The van der Waals surface area contributed by atoms with Gasteiger partial charge in [-0.25, -0.2) is 0 Å². The maximum absolute atomic E-state index is 6.03. The van der Waals surface area contributed by atoms with Crippen molar-refractivity contribution in [2.45, 2.75) is 18.2 Å². The number of aromatic nitrogens is 2. The van der Waals surface area contributed by atoms with Gasteiger partial charge in [0.2, 0.25) is 0 Å². The molecule has 0 atom stereocenters. The van der Waals surface area contributed by atoms with Crippen LogP contribution in [-0.2, 0) is 0 Å². The number of alkyl halides is 1. The van der Waals surface area contributed by atoms with Crippen LogP contribution in [0.4, 0.5) is 5.69 Å². The zero-order valence-corrected chi connectivity index (χ0v) is 11.1. The lowest BCUT2D eigenvalue weighted by Gasteiger charge is -2.35. The fourth-order valence-corrected chi connectivity index (χ4v) is 3.09. The molecule has 1 heterocycles. The third-order valence-electron chi connectivity index (χ3n) is 3.65. The molecular formula is C14H16ClN3. The fourth-order valence-electron chi connectivity index (χ4n) is 2.59. The number of fused-ring (bicyclic) bond motifs is 1. The van der Waals surface area contributed by atoms with Gasteiger partial charge in [-0.3, -0.25) is 0 Å². The Morgan fingerprint density at radius 2 is 2.11 bits per heavy atom. The summed E-state index contributed by atoms with van der Waals surface area (Å²) in [5.74, 6) is 0.712. The van der Waals surface area contributed by atoms with E-state index in [1.54, 1.807) is 0 Å². The molecule has 1 aliphatic carbocycles.